The van der Waals surface area contributed by atoms with Crippen molar-refractivity contribution in [2.45, 2.75) is 51.1 Å². The highest BCUT2D eigenvalue weighted by Crippen LogP contribution is 2.15. The van der Waals surface area contributed by atoms with Crippen LogP contribution in [0.4, 0.5) is 0 Å². The minimum atomic E-state index is -1.24. The molecular weight excluding hydrogens is 322 g/mol. The van der Waals surface area contributed by atoms with E-state index in [-0.39, 0.29) is 12.3 Å². The lowest BCUT2D eigenvalue weighted by Gasteiger charge is -2.30. The highest BCUT2D eigenvalue weighted by molar-refractivity contribution is 5.93. The quantitative estimate of drug-likeness (QED) is 0.466. The van der Waals surface area contributed by atoms with E-state index in [2.05, 4.69) is 10.6 Å². The van der Waals surface area contributed by atoms with Crippen LogP contribution >= 0.6 is 0 Å². The molecule has 25 heavy (non-hydrogen) atoms. The van der Waals surface area contributed by atoms with Gasteiger partial charge in [-0.3, -0.25) is 9.59 Å². The van der Waals surface area contributed by atoms with E-state index in [1.165, 1.54) is 6.92 Å². The van der Waals surface area contributed by atoms with Crippen LogP contribution in [0, 0.1) is 0 Å². The smallest absolute Gasteiger partial charge is 0.326 e. The number of amides is 2. The van der Waals surface area contributed by atoms with Gasteiger partial charge in [-0.05, 0) is 38.3 Å². The number of aliphatic carboxylic acids is 1. The van der Waals surface area contributed by atoms with Crippen molar-refractivity contribution < 1.29 is 19.5 Å². The Hall–Kier alpha value is -2.41. The number of nitrogens with one attached hydrogen (secondary N) is 2. The predicted molar refractivity (Wildman–Crippen MR) is 94.8 cm³/mol. The van der Waals surface area contributed by atoms with Gasteiger partial charge in [0.2, 0.25) is 11.8 Å². The summed E-state index contributed by atoms with van der Waals surface area (Å²) in [6, 6.07) is 8.23. The Morgan fingerprint density at radius 2 is 1.84 bits per heavy atom. The maximum Gasteiger partial charge on any atom is 0.326 e. The molecule has 5 N–H and O–H groups in total. The number of rotatable bonds is 10. The van der Waals surface area contributed by atoms with Crippen molar-refractivity contribution in [1.29, 1.82) is 0 Å². The minimum Gasteiger partial charge on any atom is -0.480 e. The number of hydrogen-bond acceptors (Lipinski definition) is 4. The van der Waals surface area contributed by atoms with E-state index < -0.39 is 23.5 Å². The number of carbonyl (C=O) groups is 3. The second kappa shape index (κ2) is 9.78. The van der Waals surface area contributed by atoms with Crippen LogP contribution in [0.5, 0.6) is 0 Å². The highest BCUT2D eigenvalue weighted by Gasteiger charge is 2.36. The molecule has 0 unspecified atom stereocenters. The van der Waals surface area contributed by atoms with Crippen molar-refractivity contribution in [3.05, 3.63) is 35.9 Å². The molecule has 2 atom stereocenters. The molecule has 0 bridgehead atoms. The topological polar surface area (TPSA) is 122 Å². The predicted octanol–water partition coefficient (Wildman–Crippen LogP) is 0.822. The van der Waals surface area contributed by atoms with Crippen LogP contribution in [0.1, 0.15) is 38.7 Å². The van der Waals surface area contributed by atoms with Gasteiger partial charge in [0.15, 0.2) is 0 Å². The standard InChI is InChI=1S/C18H27N3O4/c1-13(22)21-18(2,12-14-8-4-3-5-9-14)17(25)20-15(16(23)24)10-6-7-11-19/h3-5,8-9,15H,6-7,10-12,19H2,1-2H3,(H,20,25)(H,21,22)(H,23,24)/t15-,18+/m0/s1. The van der Waals surface area contributed by atoms with Crippen LogP contribution in [-0.4, -0.2) is 41.0 Å². The van der Waals surface area contributed by atoms with Crippen molar-refractivity contribution in [3.63, 3.8) is 0 Å². The van der Waals surface area contributed by atoms with Crippen LogP contribution in [0.25, 0.3) is 0 Å². The molecule has 0 aliphatic carbocycles. The minimum absolute atomic E-state index is 0.258. The third-order valence-electron chi connectivity index (χ3n) is 3.90. The SMILES string of the molecule is CC(=O)N[C@](C)(Cc1ccccc1)C(=O)N[C@@H](CCCCN)C(=O)O. The van der Waals surface area contributed by atoms with Crippen LogP contribution in [0.2, 0.25) is 0 Å². The van der Waals surface area contributed by atoms with E-state index in [0.717, 1.165) is 5.56 Å². The summed E-state index contributed by atoms with van der Waals surface area (Å²) < 4.78 is 0. The Labute approximate surface area is 148 Å². The summed E-state index contributed by atoms with van der Waals surface area (Å²) in [5.41, 5.74) is 5.04. The first-order valence-electron chi connectivity index (χ1n) is 8.35. The Kier molecular flexibility index (Phi) is 8.07. The van der Waals surface area contributed by atoms with E-state index >= 15 is 0 Å². The molecule has 0 spiro atoms. The average molecular weight is 349 g/mol. The molecule has 138 valence electrons. The summed E-state index contributed by atoms with van der Waals surface area (Å²) in [5.74, 6) is -1.98. The van der Waals surface area contributed by atoms with Crippen LogP contribution < -0.4 is 16.4 Å². The number of carbonyl (C=O) groups excluding carboxylic acids is 2. The zero-order valence-electron chi connectivity index (χ0n) is 14.7. The fraction of sp³-hybridized carbons (Fsp3) is 0.500. The fourth-order valence-corrected chi connectivity index (χ4v) is 2.64. The van der Waals surface area contributed by atoms with Gasteiger partial charge in [-0.25, -0.2) is 4.79 Å². The summed E-state index contributed by atoms with van der Waals surface area (Å²) >= 11 is 0. The molecule has 0 aromatic heterocycles. The molecule has 7 heteroatoms. The second-order valence-corrected chi connectivity index (χ2v) is 6.32. The van der Waals surface area contributed by atoms with Crippen molar-refractivity contribution in [2.75, 3.05) is 6.54 Å². The molecule has 0 radical (unpaired) electrons. The first-order valence-corrected chi connectivity index (χ1v) is 8.35. The Morgan fingerprint density at radius 1 is 1.20 bits per heavy atom. The van der Waals surface area contributed by atoms with Crippen LogP contribution in [0.3, 0.4) is 0 Å². The van der Waals surface area contributed by atoms with Crippen molar-refractivity contribution in [1.82, 2.24) is 10.6 Å². The Bertz CT molecular complexity index is 591. The molecule has 0 aliphatic rings. The summed E-state index contributed by atoms with van der Waals surface area (Å²) in [6.07, 6.45) is 1.84. The van der Waals surface area contributed by atoms with Gasteiger partial charge in [0.1, 0.15) is 11.6 Å². The number of benzene rings is 1. The summed E-state index contributed by atoms with van der Waals surface area (Å²) in [4.78, 5) is 35.7. The molecular formula is C18H27N3O4. The highest BCUT2D eigenvalue weighted by atomic mass is 16.4. The van der Waals surface area contributed by atoms with Gasteiger partial charge in [-0.15, -0.1) is 0 Å². The normalized spacial score (nSPS) is 14.2. The first kappa shape index (κ1) is 20.6. The number of carboxylic acids is 1. The molecule has 0 heterocycles. The van der Waals surface area contributed by atoms with Gasteiger partial charge in [0.05, 0.1) is 0 Å². The average Bonchev–Trinajstić information content (AvgIpc) is 2.53. The molecule has 0 saturated carbocycles. The fourth-order valence-electron chi connectivity index (χ4n) is 2.64. The zero-order valence-corrected chi connectivity index (χ0v) is 14.7. The van der Waals surface area contributed by atoms with Gasteiger partial charge < -0.3 is 21.5 Å². The van der Waals surface area contributed by atoms with E-state index in [1.807, 2.05) is 30.3 Å². The lowest BCUT2D eigenvalue weighted by Crippen LogP contribution is -2.60. The molecule has 0 fully saturated rings. The molecule has 0 saturated heterocycles. The third kappa shape index (κ3) is 6.93. The van der Waals surface area contributed by atoms with Gasteiger partial charge in [0, 0.05) is 13.3 Å². The lowest BCUT2D eigenvalue weighted by molar-refractivity contribution is -0.143. The maximum atomic E-state index is 12.7. The monoisotopic (exact) mass is 349 g/mol. The Balaban J connectivity index is 2.90. The number of hydrogen-bond donors (Lipinski definition) is 4. The largest absolute Gasteiger partial charge is 0.480 e. The summed E-state index contributed by atoms with van der Waals surface area (Å²) in [5, 5.41) is 14.5. The molecule has 0 aliphatic heterocycles. The van der Waals surface area contributed by atoms with Crippen LogP contribution in [0.15, 0.2) is 30.3 Å². The summed E-state index contributed by atoms with van der Waals surface area (Å²) in [7, 11) is 0. The number of unbranched alkanes of at least 4 members (excludes halogenated alkanes) is 1. The molecule has 7 nitrogen and oxygen atoms in total. The van der Waals surface area contributed by atoms with Crippen LogP contribution in [-0.2, 0) is 20.8 Å². The van der Waals surface area contributed by atoms with Gasteiger partial charge in [0.25, 0.3) is 0 Å². The number of nitrogens with two attached hydrogens (primary N) is 1. The first-order chi connectivity index (χ1) is 11.8. The zero-order chi connectivity index (χ0) is 18.9. The lowest BCUT2D eigenvalue weighted by atomic mass is 9.91. The number of carboxylic acid groups (broad SMARTS) is 1. The van der Waals surface area contributed by atoms with E-state index in [0.29, 0.717) is 25.8 Å². The molecule has 1 aromatic carbocycles. The van der Waals surface area contributed by atoms with E-state index in [1.54, 1.807) is 6.92 Å². The molecule has 1 aromatic rings. The van der Waals surface area contributed by atoms with Crippen molar-refractivity contribution >= 4 is 17.8 Å². The van der Waals surface area contributed by atoms with E-state index in [9.17, 15) is 19.5 Å². The van der Waals surface area contributed by atoms with Gasteiger partial charge >= 0.3 is 5.97 Å². The summed E-state index contributed by atoms with van der Waals surface area (Å²) in [6.45, 7) is 3.39. The molecule has 2 amide bonds. The van der Waals surface area contributed by atoms with Crippen molar-refractivity contribution in [2.24, 2.45) is 5.73 Å². The second-order valence-electron chi connectivity index (χ2n) is 6.32. The Morgan fingerprint density at radius 3 is 2.36 bits per heavy atom. The van der Waals surface area contributed by atoms with Crippen molar-refractivity contribution in [3.8, 4) is 0 Å². The van der Waals surface area contributed by atoms with E-state index in [4.69, 9.17) is 5.73 Å². The maximum absolute atomic E-state index is 12.7. The van der Waals surface area contributed by atoms with Gasteiger partial charge in [-0.2, -0.15) is 0 Å². The molecule has 1 rings (SSSR count). The third-order valence-corrected chi connectivity index (χ3v) is 3.90. The van der Waals surface area contributed by atoms with Gasteiger partial charge in [-0.1, -0.05) is 30.3 Å².